The first-order chi connectivity index (χ1) is 16.2. The molecule has 0 aliphatic heterocycles. The molecule has 0 bridgehead atoms. The lowest BCUT2D eigenvalue weighted by molar-refractivity contribution is 0.0599. The summed E-state index contributed by atoms with van der Waals surface area (Å²) in [7, 11) is -2.72. The lowest BCUT2D eigenvalue weighted by atomic mass is 10.1. The third-order valence-corrected chi connectivity index (χ3v) is 7.16. The molecule has 3 aromatic carbocycles. The van der Waals surface area contributed by atoms with Crippen LogP contribution in [0.3, 0.4) is 0 Å². The molecule has 180 valence electrons. The number of rotatable bonds is 9. The number of anilines is 1. The molecule has 0 aromatic heterocycles. The van der Waals surface area contributed by atoms with Crippen LogP contribution in [0.15, 0.2) is 65.6 Å². The number of carbonyl (C=O) groups excluding carboxylic acids is 1. The summed E-state index contributed by atoms with van der Waals surface area (Å²) in [6.45, 7) is 3.74. The molecule has 0 radical (unpaired) electrons. The van der Waals surface area contributed by atoms with Crippen molar-refractivity contribution in [2.75, 3.05) is 18.0 Å². The highest BCUT2D eigenvalue weighted by atomic mass is 32.2. The first-order valence-electron chi connectivity index (χ1n) is 10.6. The number of aryl methyl sites for hydroxylation is 1. The van der Waals surface area contributed by atoms with Crippen LogP contribution in [0, 0.1) is 11.6 Å². The van der Waals surface area contributed by atoms with Gasteiger partial charge in [-0.05, 0) is 73.0 Å². The van der Waals surface area contributed by atoms with Crippen molar-refractivity contribution in [3.63, 3.8) is 0 Å². The van der Waals surface area contributed by atoms with E-state index in [9.17, 15) is 22.0 Å². The molecule has 34 heavy (non-hydrogen) atoms. The van der Waals surface area contributed by atoms with Gasteiger partial charge in [0.25, 0.3) is 10.0 Å². The van der Waals surface area contributed by atoms with Crippen molar-refractivity contribution in [1.82, 2.24) is 0 Å². The molecule has 0 saturated carbocycles. The largest absolute Gasteiger partial charge is 0.489 e. The van der Waals surface area contributed by atoms with Gasteiger partial charge in [-0.25, -0.2) is 22.0 Å². The van der Waals surface area contributed by atoms with E-state index >= 15 is 0 Å². The summed E-state index contributed by atoms with van der Waals surface area (Å²) in [5.41, 5.74) is 1.76. The molecule has 3 rings (SSSR count). The van der Waals surface area contributed by atoms with E-state index in [0.29, 0.717) is 29.0 Å². The van der Waals surface area contributed by atoms with E-state index in [2.05, 4.69) is 0 Å². The Hall–Kier alpha value is -3.46. The second-order valence-corrected chi connectivity index (χ2v) is 9.23. The van der Waals surface area contributed by atoms with Gasteiger partial charge in [-0.1, -0.05) is 19.1 Å². The average Bonchev–Trinajstić information content (AvgIpc) is 2.84. The Morgan fingerprint density at radius 1 is 0.941 bits per heavy atom. The Morgan fingerprint density at radius 2 is 1.65 bits per heavy atom. The minimum absolute atomic E-state index is 0.0203. The lowest BCUT2D eigenvalue weighted by Crippen LogP contribution is -2.31. The van der Waals surface area contributed by atoms with Crippen molar-refractivity contribution in [2.24, 2.45) is 0 Å². The fourth-order valence-corrected chi connectivity index (χ4v) is 4.95. The molecule has 6 nitrogen and oxygen atoms in total. The van der Waals surface area contributed by atoms with Gasteiger partial charge in [-0.2, -0.15) is 0 Å². The second kappa shape index (κ2) is 10.6. The SMILES string of the molecule is CCc1ccc(S(=O)(=O)N(CC)c2ccc(OCc3ccc(F)c(F)c3)cc2)cc1C(=O)OC. The van der Waals surface area contributed by atoms with Crippen molar-refractivity contribution >= 4 is 21.7 Å². The zero-order valence-electron chi connectivity index (χ0n) is 19.0. The van der Waals surface area contributed by atoms with E-state index in [0.717, 1.165) is 12.1 Å². The van der Waals surface area contributed by atoms with Crippen LogP contribution < -0.4 is 9.04 Å². The minimum Gasteiger partial charge on any atom is -0.489 e. The summed E-state index contributed by atoms with van der Waals surface area (Å²) in [5, 5.41) is 0. The van der Waals surface area contributed by atoms with Gasteiger partial charge in [0.15, 0.2) is 11.6 Å². The lowest BCUT2D eigenvalue weighted by Gasteiger charge is -2.23. The number of hydrogen-bond donors (Lipinski definition) is 0. The molecule has 0 amide bonds. The summed E-state index contributed by atoms with van der Waals surface area (Å²) in [6, 6.07) is 14.3. The fraction of sp³-hybridized carbons (Fsp3) is 0.240. The molecule has 0 aliphatic carbocycles. The molecular formula is C25H25F2NO5S. The van der Waals surface area contributed by atoms with Crippen molar-refractivity contribution in [2.45, 2.75) is 31.8 Å². The topological polar surface area (TPSA) is 72.9 Å². The Bertz CT molecular complexity index is 1280. The van der Waals surface area contributed by atoms with E-state index < -0.39 is 27.6 Å². The maximum absolute atomic E-state index is 13.4. The summed E-state index contributed by atoms with van der Waals surface area (Å²) in [6.07, 6.45) is 0.550. The van der Waals surface area contributed by atoms with Crippen molar-refractivity contribution < 1.29 is 31.5 Å². The number of methoxy groups -OCH3 is 1. The molecule has 0 unspecified atom stereocenters. The van der Waals surface area contributed by atoms with Crippen molar-refractivity contribution in [3.8, 4) is 5.75 Å². The van der Waals surface area contributed by atoms with Crippen LogP contribution in [0.2, 0.25) is 0 Å². The van der Waals surface area contributed by atoms with Crippen molar-refractivity contribution in [1.29, 1.82) is 0 Å². The first kappa shape index (κ1) is 25.2. The number of sulfonamides is 1. The van der Waals surface area contributed by atoms with Crippen LogP contribution in [0.5, 0.6) is 5.75 Å². The van der Waals surface area contributed by atoms with Gasteiger partial charge < -0.3 is 9.47 Å². The number of hydrogen-bond acceptors (Lipinski definition) is 5. The van der Waals surface area contributed by atoms with Gasteiger partial charge in [0.2, 0.25) is 0 Å². The number of ether oxygens (including phenoxy) is 2. The molecule has 0 heterocycles. The van der Waals surface area contributed by atoms with E-state index in [1.807, 2.05) is 6.92 Å². The standard InChI is InChI=1S/C25H25F2NO5S/c1-4-18-7-12-21(15-22(18)25(29)32-3)34(30,31)28(5-2)19-8-10-20(11-9-19)33-16-17-6-13-23(26)24(27)14-17/h6-15H,4-5,16H2,1-3H3. The highest BCUT2D eigenvalue weighted by Gasteiger charge is 2.26. The maximum atomic E-state index is 13.4. The molecule has 0 N–H and O–H groups in total. The van der Waals surface area contributed by atoms with Gasteiger partial charge in [0.05, 0.1) is 23.3 Å². The molecule has 0 atom stereocenters. The molecule has 0 fully saturated rings. The molecular weight excluding hydrogens is 464 g/mol. The molecule has 0 aliphatic rings. The quantitative estimate of drug-likeness (QED) is 0.391. The summed E-state index contributed by atoms with van der Waals surface area (Å²) < 4.78 is 64.7. The van der Waals surface area contributed by atoms with Gasteiger partial charge in [0.1, 0.15) is 12.4 Å². The number of esters is 1. The van der Waals surface area contributed by atoms with E-state index in [1.54, 1.807) is 37.3 Å². The monoisotopic (exact) mass is 489 g/mol. The minimum atomic E-state index is -3.96. The van der Waals surface area contributed by atoms with E-state index in [4.69, 9.17) is 9.47 Å². The first-order valence-corrected chi connectivity index (χ1v) is 12.1. The van der Waals surface area contributed by atoms with Gasteiger partial charge in [0, 0.05) is 6.54 Å². The normalized spacial score (nSPS) is 11.2. The van der Waals surface area contributed by atoms with Gasteiger partial charge in [-0.3, -0.25) is 4.31 Å². The second-order valence-electron chi connectivity index (χ2n) is 7.36. The van der Waals surface area contributed by atoms with Gasteiger partial charge in [-0.15, -0.1) is 0 Å². The van der Waals surface area contributed by atoms with Gasteiger partial charge >= 0.3 is 5.97 Å². The number of benzene rings is 3. The summed E-state index contributed by atoms with van der Waals surface area (Å²) >= 11 is 0. The van der Waals surface area contributed by atoms with Crippen molar-refractivity contribution in [3.05, 3.63) is 89.0 Å². The fourth-order valence-electron chi connectivity index (χ4n) is 3.45. The van der Waals surface area contributed by atoms with E-state index in [-0.39, 0.29) is 23.6 Å². The number of nitrogens with zero attached hydrogens (tertiary/aromatic N) is 1. The van der Waals surface area contributed by atoms with Crippen LogP contribution >= 0.6 is 0 Å². The maximum Gasteiger partial charge on any atom is 0.338 e. The Balaban J connectivity index is 1.82. The average molecular weight is 490 g/mol. The molecule has 0 spiro atoms. The van der Waals surface area contributed by atoms with Crippen LogP contribution in [0.4, 0.5) is 14.5 Å². The van der Waals surface area contributed by atoms with Crippen LogP contribution in [0.25, 0.3) is 0 Å². The van der Waals surface area contributed by atoms with E-state index in [1.165, 1.54) is 29.6 Å². The highest BCUT2D eigenvalue weighted by molar-refractivity contribution is 7.92. The molecule has 0 saturated heterocycles. The molecule has 9 heteroatoms. The van der Waals surface area contributed by atoms with Crippen LogP contribution in [-0.2, 0) is 27.8 Å². The number of halogens is 2. The van der Waals surface area contributed by atoms with Crippen LogP contribution in [0.1, 0.15) is 35.3 Å². The zero-order chi connectivity index (χ0) is 24.9. The summed E-state index contributed by atoms with van der Waals surface area (Å²) in [5.74, 6) is -2.05. The molecule has 3 aromatic rings. The Labute approximate surface area is 197 Å². The smallest absolute Gasteiger partial charge is 0.338 e. The van der Waals surface area contributed by atoms with Crippen LogP contribution in [-0.4, -0.2) is 28.0 Å². The Morgan fingerprint density at radius 3 is 2.24 bits per heavy atom. The third-order valence-electron chi connectivity index (χ3n) is 5.26. The third kappa shape index (κ3) is 5.36. The Kier molecular flexibility index (Phi) is 7.88. The predicted molar refractivity (Wildman–Crippen MR) is 124 cm³/mol. The predicted octanol–water partition coefficient (Wildman–Crippen LogP) is 5.11. The number of carbonyl (C=O) groups is 1. The zero-order valence-corrected chi connectivity index (χ0v) is 19.9. The highest BCUT2D eigenvalue weighted by Crippen LogP contribution is 2.27. The summed E-state index contributed by atoms with van der Waals surface area (Å²) in [4.78, 5) is 12.1.